The summed E-state index contributed by atoms with van der Waals surface area (Å²) in [5, 5.41) is 10.5. The summed E-state index contributed by atoms with van der Waals surface area (Å²) < 4.78 is 43.3. The van der Waals surface area contributed by atoms with E-state index in [0.29, 0.717) is 0 Å². The number of rotatable bonds is 6. The molecule has 1 fully saturated rings. The Balaban J connectivity index is 1.99. The maximum atomic E-state index is 12.5. The van der Waals surface area contributed by atoms with E-state index in [4.69, 9.17) is 4.74 Å². The second-order valence-electron chi connectivity index (χ2n) is 5.71. The molecule has 0 bridgehead atoms. The van der Waals surface area contributed by atoms with Gasteiger partial charge in [-0.2, -0.15) is 13.2 Å². The average molecular weight is 348 g/mol. The van der Waals surface area contributed by atoms with Crippen LogP contribution in [0.5, 0.6) is 0 Å². The number of nitro groups is 1. The van der Waals surface area contributed by atoms with Crippen molar-refractivity contribution in [2.45, 2.75) is 39.0 Å². The Morgan fingerprint density at radius 3 is 2.54 bits per heavy atom. The molecule has 0 aliphatic heterocycles. The van der Waals surface area contributed by atoms with Crippen molar-refractivity contribution in [1.29, 1.82) is 0 Å². The number of Topliss-reactive ketones (excluding diaryl/α,β-unsaturated/α-hetero) is 1. The molecule has 132 valence electrons. The summed E-state index contributed by atoms with van der Waals surface area (Å²) in [6.07, 6.45) is -4.36. The predicted molar refractivity (Wildman–Crippen MR) is 74.1 cm³/mol. The molecule has 2 rings (SSSR count). The van der Waals surface area contributed by atoms with Crippen LogP contribution in [0.15, 0.2) is 6.07 Å². The van der Waals surface area contributed by atoms with Gasteiger partial charge in [0.05, 0.1) is 0 Å². The lowest BCUT2D eigenvalue weighted by atomic mass is 10.1. The van der Waals surface area contributed by atoms with Gasteiger partial charge in [0.15, 0.2) is 6.61 Å². The maximum absolute atomic E-state index is 12.5. The van der Waals surface area contributed by atoms with Gasteiger partial charge < -0.3 is 9.30 Å². The number of carbonyl (C=O) groups excluding carboxylic acids is 2. The third-order valence-electron chi connectivity index (χ3n) is 3.89. The standard InChI is InChI=1S/C14H15F3N2O5/c1-7-3-9(8(2)18(7)6-14(15,16)17)12(20)5-24-13(21)10-4-11(10)19(22)23/h3,10-11H,4-6H2,1-2H3. The average Bonchev–Trinajstić information content (AvgIpc) is 3.21. The summed E-state index contributed by atoms with van der Waals surface area (Å²) in [4.78, 5) is 33.5. The van der Waals surface area contributed by atoms with E-state index in [1.165, 1.54) is 19.9 Å². The fourth-order valence-corrected chi connectivity index (χ4v) is 2.50. The molecule has 7 nitrogen and oxygen atoms in total. The zero-order valence-electron chi connectivity index (χ0n) is 12.9. The number of halogens is 3. The van der Waals surface area contributed by atoms with Crippen LogP contribution < -0.4 is 0 Å². The van der Waals surface area contributed by atoms with Crippen molar-refractivity contribution in [2.24, 2.45) is 5.92 Å². The lowest BCUT2D eigenvalue weighted by Gasteiger charge is -2.12. The number of alkyl halides is 3. The van der Waals surface area contributed by atoms with Crippen LogP contribution in [-0.4, -0.2) is 40.1 Å². The third-order valence-corrected chi connectivity index (χ3v) is 3.89. The number of nitrogens with zero attached hydrogens (tertiary/aromatic N) is 2. The van der Waals surface area contributed by atoms with E-state index in [-0.39, 0.29) is 23.4 Å². The third kappa shape index (κ3) is 3.92. The van der Waals surface area contributed by atoms with Gasteiger partial charge in [-0.25, -0.2) is 0 Å². The van der Waals surface area contributed by atoms with Gasteiger partial charge >= 0.3 is 12.1 Å². The highest BCUT2D eigenvalue weighted by atomic mass is 19.4. The number of aromatic nitrogens is 1. The fraction of sp³-hybridized carbons (Fsp3) is 0.571. The van der Waals surface area contributed by atoms with Crippen LogP contribution in [0.2, 0.25) is 0 Å². The molecule has 0 N–H and O–H groups in total. The predicted octanol–water partition coefficient (Wildman–Crippen LogP) is 2.06. The Hall–Kier alpha value is -2.39. The van der Waals surface area contributed by atoms with Gasteiger partial charge in [-0.3, -0.25) is 19.7 Å². The quantitative estimate of drug-likeness (QED) is 0.340. The van der Waals surface area contributed by atoms with Crippen molar-refractivity contribution in [3.05, 3.63) is 33.1 Å². The van der Waals surface area contributed by atoms with Crippen molar-refractivity contribution < 1.29 is 32.4 Å². The van der Waals surface area contributed by atoms with Crippen LogP contribution in [0, 0.1) is 29.9 Å². The molecule has 10 heteroatoms. The lowest BCUT2D eigenvalue weighted by molar-refractivity contribution is -0.497. The Bertz CT molecular complexity index is 695. The number of aryl methyl sites for hydroxylation is 1. The van der Waals surface area contributed by atoms with Crippen molar-refractivity contribution in [3.63, 3.8) is 0 Å². The van der Waals surface area contributed by atoms with Crippen molar-refractivity contribution >= 4 is 11.8 Å². The van der Waals surface area contributed by atoms with Crippen molar-refractivity contribution in [1.82, 2.24) is 4.57 Å². The molecular formula is C14H15F3N2O5. The molecule has 2 unspecified atom stereocenters. The summed E-state index contributed by atoms with van der Waals surface area (Å²) in [6, 6.07) is 0.318. The van der Waals surface area contributed by atoms with Crippen LogP contribution >= 0.6 is 0 Å². The molecule has 1 aromatic rings. The number of esters is 1. The zero-order valence-corrected chi connectivity index (χ0v) is 12.9. The van der Waals surface area contributed by atoms with Crippen molar-refractivity contribution in [3.8, 4) is 0 Å². The highest BCUT2D eigenvalue weighted by Crippen LogP contribution is 2.34. The molecule has 0 spiro atoms. The summed E-state index contributed by atoms with van der Waals surface area (Å²) >= 11 is 0. The normalized spacial score (nSPS) is 19.9. The number of carbonyl (C=O) groups is 2. The minimum absolute atomic E-state index is 0.0335. The Morgan fingerprint density at radius 2 is 2.04 bits per heavy atom. The molecule has 1 heterocycles. The van der Waals surface area contributed by atoms with Gasteiger partial charge in [0, 0.05) is 28.3 Å². The highest BCUT2D eigenvalue weighted by molar-refractivity contribution is 5.99. The molecule has 0 radical (unpaired) electrons. The van der Waals surface area contributed by atoms with Gasteiger partial charge in [-0.05, 0) is 19.9 Å². The van der Waals surface area contributed by atoms with Gasteiger partial charge in [0.1, 0.15) is 12.5 Å². The van der Waals surface area contributed by atoms with Crippen molar-refractivity contribution in [2.75, 3.05) is 6.61 Å². The van der Waals surface area contributed by atoms with Crippen LogP contribution in [0.1, 0.15) is 28.2 Å². The Labute approximate surface area is 134 Å². The van der Waals surface area contributed by atoms with Gasteiger partial charge in [0.2, 0.25) is 11.8 Å². The molecule has 2 atom stereocenters. The highest BCUT2D eigenvalue weighted by Gasteiger charge is 2.54. The van der Waals surface area contributed by atoms with E-state index >= 15 is 0 Å². The Kier molecular flexibility index (Phi) is 4.68. The summed E-state index contributed by atoms with van der Waals surface area (Å²) in [7, 11) is 0. The van der Waals surface area contributed by atoms with E-state index < -0.39 is 48.0 Å². The summed E-state index contributed by atoms with van der Waals surface area (Å²) in [5.74, 6) is -2.34. The van der Waals surface area contributed by atoms with E-state index in [0.717, 1.165) is 4.57 Å². The number of ether oxygens (including phenoxy) is 1. The smallest absolute Gasteiger partial charge is 0.406 e. The molecular weight excluding hydrogens is 333 g/mol. The second-order valence-corrected chi connectivity index (χ2v) is 5.71. The van der Waals surface area contributed by atoms with E-state index in [9.17, 15) is 32.9 Å². The van der Waals surface area contributed by atoms with Crippen LogP contribution in [0.25, 0.3) is 0 Å². The molecule has 1 saturated carbocycles. The molecule has 1 aliphatic rings. The number of hydrogen-bond acceptors (Lipinski definition) is 5. The van der Waals surface area contributed by atoms with E-state index in [1.807, 2.05) is 0 Å². The first-order valence-corrected chi connectivity index (χ1v) is 7.08. The second kappa shape index (κ2) is 6.25. The lowest BCUT2D eigenvalue weighted by Crippen LogP contribution is -2.21. The first-order valence-electron chi connectivity index (χ1n) is 7.08. The van der Waals surface area contributed by atoms with E-state index in [1.54, 1.807) is 0 Å². The molecule has 1 aromatic heterocycles. The van der Waals surface area contributed by atoms with E-state index in [2.05, 4.69) is 0 Å². The zero-order chi connectivity index (χ0) is 18.2. The van der Waals surface area contributed by atoms with Gasteiger partial charge in [-0.15, -0.1) is 0 Å². The largest absolute Gasteiger partial charge is 0.457 e. The maximum Gasteiger partial charge on any atom is 0.406 e. The number of ketones is 1. The first-order chi connectivity index (χ1) is 11.0. The Morgan fingerprint density at radius 1 is 1.42 bits per heavy atom. The topological polar surface area (TPSA) is 91.4 Å². The summed E-state index contributed by atoms with van der Waals surface area (Å²) in [6.45, 7) is 0.936. The first kappa shape index (κ1) is 18.0. The molecule has 0 saturated heterocycles. The molecule has 0 amide bonds. The summed E-state index contributed by atoms with van der Waals surface area (Å²) in [5.41, 5.74) is 0.418. The minimum atomic E-state index is -4.43. The minimum Gasteiger partial charge on any atom is -0.457 e. The monoisotopic (exact) mass is 348 g/mol. The van der Waals surface area contributed by atoms with Crippen LogP contribution in [0.3, 0.4) is 0 Å². The SMILES string of the molecule is Cc1cc(C(=O)COC(=O)C2CC2[N+](=O)[O-])c(C)n1CC(F)(F)F. The molecule has 0 aromatic carbocycles. The van der Waals surface area contributed by atoms with Crippen LogP contribution in [-0.2, 0) is 16.1 Å². The fourth-order valence-electron chi connectivity index (χ4n) is 2.50. The van der Waals surface area contributed by atoms with Gasteiger partial charge in [0.25, 0.3) is 0 Å². The van der Waals surface area contributed by atoms with Crippen LogP contribution in [0.4, 0.5) is 13.2 Å². The van der Waals surface area contributed by atoms with Gasteiger partial charge in [-0.1, -0.05) is 0 Å². The number of hydrogen-bond donors (Lipinski definition) is 0. The molecule has 1 aliphatic carbocycles. The molecule has 24 heavy (non-hydrogen) atoms.